The molecule has 146 valence electrons. The van der Waals surface area contributed by atoms with Crippen LogP contribution >= 0.6 is 0 Å². The van der Waals surface area contributed by atoms with Gasteiger partial charge in [-0.25, -0.2) is 8.78 Å². The third-order valence-electron chi connectivity index (χ3n) is 5.30. The van der Waals surface area contributed by atoms with Crippen LogP contribution in [0.3, 0.4) is 0 Å². The summed E-state index contributed by atoms with van der Waals surface area (Å²) in [6.07, 6.45) is 5.99. The fourth-order valence-corrected chi connectivity index (χ4v) is 3.79. The first kappa shape index (κ1) is 18.7. The Kier molecular flexibility index (Phi) is 5.76. The van der Waals surface area contributed by atoms with Gasteiger partial charge in [0.05, 0.1) is 6.54 Å². The highest BCUT2D eigenvalue weighted by Crippen LogP contribution is 2.26. The third-order valence-corrected chi connectivity index (χ3v) is 5.30. The van der Waals surface area contributed by atoms with Gasteiger partial charge in [-0.2, -0.15) is 4.98 Å². The molecule has 0 spiro atoms. The van der Waals surface area contributed by atoms with Crippen molar-refractivity contribution < 1.29 is 13.3 Å². The van der Waals surface area contributed by atoms with Crippen molar-refractivity contribution in [1.29, 1.82) is 0 Å². The lowest BCUT2D eigenvalue weighted by molar-refractivity contribution is 0.124. The van der Waals surface area contributed by atoms with E-state index in [1.165, 1.54) is 43.5 Å². The molecule has 0 N–H and O–H groups in total. The fraction of sp³-hybridized carbons (Fsp3) is 0.364. The van der Waals surface area contributed by atoms with E-state index >= 15 is 0 Å². The number of benzene rings is 2. The molecule has 0 radical (unpaired) electrons. The van der Waals surface area contributed by atoms with Gasteiger partial charge in [-0.05, 0) is 54.8 Å². The summed E-state index contributed by atoms with van der Waals surface area (Å²) >= 11 is 0. The highest BCUT2D eigenvalue weighted by atomic mass is 19.1. The van der Waals surface area contributed by atoms with Gasteiger partial charge >= 0.3 is 0 Å². The zero-order valence-corrected chi connectivity index (χ0v) is 15.7. The van der Waals surface area contributed by atoms with E-state index in [-0.39, 0.29) is 11.6 Å². The quantitative estimate of drug-likeness (QED) is 0.575. The van der Waals surface area contributed by atoms with Crippen molar-refractivity contribution in [3.63, 3.8) is 0 Å². The molecule has 1 heterocycles. The molecule has 28 heavy (non-hydrogen) atoms. The molecule has 0 unspecified atom stereocenters. The minimum Gasteiger partial charge on any atom is -0.338 e. The second-order valence-electron chi connectivity index (χ2n) is 7.34. The summed E-state index contributed by atoms with van der Waals surface area (Å²) in [7, 11) is 0. The predicted octanol–water partition coefficient (Wildman–Crippen LogP) is 5.35. The van der Waals surface area contributed by atoms with Crippen LogP contribution in [-0.2, 0) is 13.1 Å². The Hall–Kier alpha value is -2.60. The number of rotatable bonds is 6. The summed E-state index contributed by atoms with van der Waals surface area (Å²) in [6, 6.07) is 13.1. The summed E-state index contributed by atoms with van der Waals surface area (Å²) in [5, 5.41) is 4.05. The molecule has 2 aromatic carbocycles. The molecule has 0 bridgehead atoms. The average molecular weight is 383 g/mol. The average Bonchev–Trinajstić information content (AvgIpc) is 3.19. The maximum atomic E-state index is 13.2. The Bertz CT molecular complexity index is 887. The number of hydrogen-bond donors (Lipinski definition) is 0. The maximum Gasteiger partial charge on any atom is 0.241 e. The van der Waals surface area contributed by atoms with E-state index in [9.17, 15) is 8.78 Å². The van der Waals surface area contributed by atoms with Crippen LogP contribution < -0.4 is 0 Å². The normalized spacial score (nSPS) is 15.2. The molecule has 1 aliphatic carbocycles. The van der Waals surface area contributed by atoms with Crippen LogP contribution in [0.4, 0.5) is 8.78 Å². The monoisotopic (exact) mass is 383 g/mol. The van der Waals surface area contributed by atoms with Crippen molar-refractivity contribution in [3.8, 4) is 11.4 Å². The van der Waals surface area contributed by atoms with Crippen LogP contribution in [-0.4, -0.2) is 21.1 Å². The molecule has 1 aromatic heterocycles. The van der Waals surface area contributed by atoms with Crippen molar-refractivity contribution in [1.82, 2.24) is 15.0 Å². The van der Waals surface area contributed by atoms with E-state index in [4.69, 9.17) is 4.52 Å². The molecular weight excluding hydrogens is 360 g/mol. The highest BCUT2D eigenvalue weighted by molar-refractivity contribution is 5.53. The molecule has 1 fully saturated rings. The van der Waals surface area contributed by atoms with E-state index in [1.807, 2.05) is 12.1 Å². The van der Waals surface area contributed by atoms with Crippen LogP contribution in [0.5, 0.6) is 0 Å². The number of hydrogen-bond acceptors (Lipinski definition) is 4. The van der Waals surface area contributed by atoms with E-state index < -0.39 is 0 Å². The van der Waals surface area contributed by atoms with Crippen LogP contribution in [0.15, 0.2) is 53.1 Å². The summed E-state index contributed by atoms with van der Waals surface area (Å²) < 4.78 is 31.8. The molecule has 0 aliphatic heterocycles. The Morgan fingerprint density at radius 2 is 1.50 bits per heavy atom. The van der Waals surface area contributed by atoms with Crippen LogP contribution in [0.25, 0.3) is 11.4 Å². The smallest absolute Gasteiger partial charge is 0.241 e. The highest BCUT2D eigenvalue weighted by Gasteiger charge is 2.23. The molecule has 0 atom stereocenters. The zero-order valence-electron chi connectivity index (χ0n) is 15.7. The first-order chi connectivity index (χ1) is 13.7. The topological polar surface area (TPSA) is 42.2 Å². The summed E-state index contributed by atoms with van der Waals surface area (Å²) in [5.41, 5.74) is 1.78. The largest absolute Gasteiger partial charge is 0.338 e. The number of nitrogens with zero attached hydrogens (tertiary/aromatic N) is 3. The summed E-state index contributed by atoms with van der Waals surface area (Å²) in [4.78, 5) is 6.84. The van der Waals surface area contributed by atoms with Gasteiger partial charge in [-0.15, -0.1) is 0 Å². The molecule has 0 amide bonds. The molecule has 6 heteroatoms. The van der Waals surface area contributed by atoms with E-state index in [1.54, 1.807) is 12.1 Å². The molecule has 0 saturated heterocycles. The van der Waals surface area contributed by atoms with Crippen molar-refractivity contribution in [2.45, 2.75) is 51.2 Å². The summed E-state index contributed by atoms with van der Waals surface area (Å²) in [5.74, 6) is 0.469. The van der Waals surface area contributed by atoms with Gasteiger partial charge in [-0.3, -0.25) is 4.90 Å². The fourth-order valence-electron chi connectivity index (χ4n) is 3.79. The zero-order chi connectivity index (χ0) is 19.3. The Morgan fingerprint density at radius 3 is 2.18 bits per heavy atom. The van der Waals surface area contributed by atoms with Gasteiger partial charge in [0.2, 0.25) is 11.7 Å². The van der Waals surface area contributed by atoms with Gasteiger partial charge < -0.3 is 4.52 Å². The lowest BCUT2D eigenvalue weighted by Gasteiger charge is -2.33. The minimum atomic E-state index is -0.296. The Labute approximate surface area is 163 Å². The molecule has 3 aromatic rings. The van der Waals surface area contributed by atoms with Gasteiger partial charge in [0.1, 0.15) is 11.6 Å². The first-order valence-corrected chi connectivity index (χ1v) is 9.74. The maximum absolute atomic E-state index is 13.2. The van der Waals surface area contributed by atoms with Crippen LogP contribution in [0.1, 0.15) is 43.6 Å². The lowest BCUT2D eigenvalue weighted by Crippen LogP contribution is -2.36. The van der Waals surface area contributed by atoms with Crippen LogP contribution in [0, 0.1) is 11.6 Å². The van der Waals surface area contributed by atoms with Crippen molar-refractivity contribution >= 4 is 0 Å². The van der Waals surface area contributed by atoms with Crippen molar-refractivity contribution in [3.05, 3.63) is 71.6 Å². The third kappa shape index (κ3) is 4.62. The molecule has 4 rings (SSSR count). The van der Waals surface area contributed by atoms with Gasteiger partial charge in [0, 0.05) is 18.2 Å². The SMILES string of the molecule is Fc1ccc(CN(Cc2nc(-c3ccc(F)cc3)no2)C2CCCCC2)cc1. The van der Waals surface area contributed by atoms with E-state index in [0.29, 0.717) is 30.8 Å². The lowest BCUT2D eigenvalue weighted by atomic mass is 9.94. The minimum absolute atomic E-state index is 0.228. The standard InChI is InChI=1S/C22H23F2N3O/c23-18-10-6-16(7-11-18)14-27(20-4-2-1-3-5-20)15-21-25-22(26-28-21)17-8-12-19(24)13-9-17/h6-13,20H,1-5,14-15H2. The predicted molar refractivity (Wildman–Crippen MR) is 102 cm³/mol. The van der Waals surface area contributed by atoms with Gasteiger partial charge in [0.15, 0.2) is 0 Å². The van der Waals surface area contributed by atoms with Gasteiger partial charge in [0.25, 0.3) is 0 Å². The molecule has 4 nitrogen and oxygen atoms in total. The first-order valence-electron chi connectivity index (χ1n) is 9.74. The second-order valence-corrected chi connectivity index (χ2v) is 7.34. The van der Waals surface area contributed by atoms with Crippen molar-refractivity contribution in [2.75, 3.05) is 0 Å². The van der Waals surface area contributed by atoms with Crippen molar-refractivity contribution in [2.24, 2.45) is 0 Å². The Balaban J connectivity index is 1.51. The number of aromatic nitrogens is 2. The number of halogens is 2. The molecule has 1 aliphatic rings. The van der Waals surface area contributed by atoms with E-state index in [0.717, 1.165) is 24.0 Å². The van der Waals surface area contributed by atoms with Gasteiger partial charge in [-0.1, -0.05) is 36.6 Å². The van der Waals surface area contributed by atoms with Crippen LogP contribution in [0.2, 0.25) is 0 Å². The summed E-state index contributed by atoms with van der Waals surface area (Å²) in [6.45, 7) is 1.25. The second kappa shape index (κ2) is 8.61. The Morgan fingerprint density at radius 1 is 0.857 bits per heavy atom. The molecular formula is C22H23F2N3O. The van der Waals surface area contributed by atoms with E-state index in [2.05, 4.69) is 15.0 Å². The molecule has 1 saturated carbocycles.